The number of alkyl halides is 3. The molecule has 0 amide bonds. The van der Waals surface area contributed by atoms with E-state index in [-0.39, 0.29) is 0 Å². The van der Waals surface area contributed by atoms with Gasteiger partial charge < -0.3 is 10.2 Å². The predicted octanol–water partition coefficient (Wildman–Crippen LogP) is 5.59. The van der Waals surface area contributed by atoms with Crippen LogP contribution < -0.4 is 5.32 Å². The van der Waals surface area contributed by atoms with Crippen LogP contribution >= 0.6 is 0 Å². The van der Waals surface area contributed by atoms with Gasteiger partial charge >= 0.3 is 6.18 Å². The van der Waals surface area contributed by atoms with Crippen LogP contribution in [0.1, 0.15) is 11.3 Å². The molecule has 0 spiro atoms. The van der Waals surface area contributed by atoms with Crippen LogP contribution in [0, 0.1) is 0 Å². The zero-order valence-corrected chi connectivity index (χ0v) is 20.6. The summed E-state index contributed by atoms with van der Waals surface area (Å²) < 4.78 is 40.3. The molecule has 0 aliphatic carbocycles. The van der Waals surface area contributed by atoms with E-state index < -0.39 is 11.9 Å². The molecular weight excluding hydrogens is 475 g/mol. The van der Waals surface area contributed by atoms with Crippen molar-refractivity contribution in [1.82, 2.24) is 19.8 Å². The first-order chi connectivity index (χ1) is 18.0. The molecule has 1 N–H and O–H groups in total. The lowest BCUT2D eigenvalue weighted by Gasteiger charge is -2.34. The predicted molar refractivity (Wildman–Crippen MR) is 141 cm³/mol. The fourth-order valence-corrected chi connectivity index (χ4v) is 4.74. The number of piperazine rings is 1. The number of rotatable bonds is 8. The van der Waals surface area contributed by atoms with E-state index in [1.807, 2.05) is 36.4 Å². The number of benzene rings is 2. The minimum atomic E-state index is -4.51. The quantitative estimate of drug-likeness (QED) is 0.338. The van der Waals surface area contributed by atoms with E-state index >= 15 is 0 Å². The lowest BCUT2D eigenvalue weighted by atomic mass is 10.0. The monoisotopic (exact) mass is 505 g/mol. The molecule has 1 saturated heterocycles. The maximum Gasteiger partial charge on any atom is 0.433 e. The number of anilines is 1. The molecule has 0 saturated carbocycles. The Bertz CT molecular complexity index is 1300. The normalized spacial score (nSPS) is 15.2. The average Bonchev–Trinajstić information content (AvgIpc) is 2.93. The number of fused-ring (bicyclic) bond motifs is 1. The number of hydrogen-bond donors (Lipinski definition) is 1. The van der Waals surface area contributed by atoms with Crippen molar-refractivity contribution in [1.29, 1.82) is 0 Å². The smallest absolute Gasteiger partial charge is 0.368 e. The van der Waals surface area contributed by atoms with Crippen LogP contribution in [0.3, 0.4) is 0 Å². The number of aromatic nitrogens is 2. The first-order valence-electron chi connectivity index (χ1n) is 12.6. The topological polar surface area (TPSA) is 44.3 Å². The van der Waals surface area contributed by atoms with Gasteiger partial charge in [-0.25, -0.2) is 9.97 Å². The van der Waals surface area contributed by atoms with E-state index in [1.54, 1.807) is 6.20 Å². The maximum absolute atomic E-state index is 13.4. The highest BCUT2D eigenvalue weighted by Gasteiger charge is 2.33. The van der Waals surface area contributed by atoms with Crippen molar-refractivity contribution in [2.45, 2.75) is 12.6 Å². The van der Waals surface area contributed by atoms with Gasteiger partial charge in [-0.2, -0.15) is 13.2 Å². The number of halogens is 3. The zero-order chi connectivity index (χ0) is 25.7. The molecule has 0 unspecified atom stereocenters. The summed E-state index contributed by atoms with van der Waals surface area (Å²) >= 11 is 0. The number of nitrogens with zero attached hydrogens (tertiary/aromatic N) is 4. The summed E-state index contributed by atoms with van der Waals surface area (Å²) in [5, 5.41) is 3.93. The highest BCUT2D eigenvalue weighted by molar-refractivity contribution is 5.99. The summed E-state index contributed by atoms with van der Waals surface area (Å²) in [4.78, 5) is 13.5. The standard InChI is InChI=1S/C29H30F3N5/c30-29(31,32)26-12-11-24-27(35-26)25(23-9-5-2-6-10-23)21-34-28(24)33-14-16-37-19-17-36(18-20-37)15-13-22-7-3-1-4-8-22/h1-12,21H,13-20H2,(H,33,34). The average molecular weight is 506 g/mol. The van der Waals surface area contributed by atoms with Gasteiger partial charge in [0.25, 0.3) is 0 Å². The second kappa shape index (κ2) is 11.3. The Kier molecular flexibility index (Phi) is 7.67. The van der Waals surface area contributed by atoms with Crippen molar-refractivity contribution in [3.8, 4) is 11.1 Å². The Morgan fingerprint density at radius 1 is 0.784 bits per heavy atom. The fraction of sp³-hybridized carbons (Fsp3) is 0.310. The second-order valence-corrected chi connectivity index (χ2v) is 9.32. The molecular formula is C29H30F3N5. The van der Waals surface area contributed by atoms with Crippen LogP contribution in [0.4, 0.5) is 19.0 Å². The molecule has 0 atom stereocenters. The van der Waals surface area contributed by atoms with Gasteiger partial charge in [0, 0.05) is 63.0 Å². The Morgan fingerprint density at radius 2 is 1.43 bits per heavy atom. The molecule has 4 aromatic rings. The molecule has 2 aromatic heterocycles. The van der Waals surface area contributed by atoms with Gasteiger partial charge in [-0.05, 0) is 29.7 Å². The summed E-state index contributed by atoms with van der Waals surface area (Å²) in [6.45, 7) is 6.60. The fourth-order valence-electron chi connectivity index (χ4n) is 4.74. The van der Waals surface area contributed by atoms with Crippen LogP contribution in [0.5, 0.6) is 0 Å². The third-order valence-corrected chi connectivity index (χ3v) is 6.85. The first kappa shape index (κ1) is 25.2. The van der Waals surface area contributed by atoms with Crippen LogP contribution in [-0.4, -0.2) is 65.6 Å². The minimum absolute atomic E-state index is 0.297. The molecule has 3 heterocycles. The molecule has 2 aromatic carbocycles. The van der Waals surface area contributed by atoms with Gasteiger partial charge in [0.15, 0.2) is 0 Å². The summed E-state index contributed by atoms with van der Waals surface area (Å²) in [5.74, 6) is 0.553. The van der Waals surface area contributed by atoms with Gasteiger partial charge in [-0.1, -0.05) is 60.7 Å². The molecule has 1 aliphatic rings. The van der Waals surface area contributed by atoms with Crippen molar-refractivity contribution in [2.24, 2.45) is 0 Å². The second-order valence-electron chi connectivity index (χ2n) is 9.32. The van der Waals surface area contributed by atoms with Gasteiger partial charge in [-0.15, -0.1) is 0 Å². The molecule has 0 radical (unpaired) electrons. The van der Waals surface area contributed by atoms with Crippen molar-refractivity contribution >= 4 is 16.7 Å². The van der Waals surface area contributed by atoms with E-state index in [0.29, 0.717) is 28.8 Å². The van der Waals surface area contributed by atoms with Crippen LogP contribution in [0.25, 0.3) is 22.0 Å². The van der Waals surface area contributed by atoms with Gasteiger partial charge in [-0.3, -0.25) is 4.90 Å². The third-order valence-electron chi connectivity index (χ3n) is 6.85. The lowest BCUT2D eigenvalue weighted by Crippen LogP contribution is -2.48. The van der Waals surface area contributed by atoms with Crippen molar-refractivity contribution in [3.05, 3.63) is 90.3 Å². The van der Waals surface area contributed by atoms with E-state index in [2.05, 4.69) is 49.4 Å². The van der Waals surface area contributed by atoms with Gasteiger partial charge in [0.05, 0.1) is 5.52 Å². The summed E-state index contributed by atoms with van der Waals surface area (Å²) in [6, 6.07) is 22.3. The van der Waals surface area contributed by atoms with Gasteiger partial charge in [0.1, 0.15) is 11.5 Å². The zero-order valence-electron chi connectivity index (χ0n) is 20.6. The minimum Gasteiger partial charge on any atom is -0.368 e. The van der Waals surface area contributed by atoms with Crippen molar-refractivity contribution < 1.29 is 13.2 Å². The summed E-state index contributed by atoms with van der Waals surface area (Å²) in [7, 11) is 0. The third kappa shape index (κ3) is 6.26. The van der Waals surface area contributed by atoms with Gasteiger partial charge in [0.2, 0.25) is 0 Å². The van der Waals surface area contributed by atoms with E-state index in [4.69, 9.17) is 0 Å². The molecule has 8 heteroatoms. The lowest BCUT2D eigenvalue weighted by molar-refractivity contribution is -0.140. The molecule has 37 heavy (non-hydrogen) atoms. The van der Waals surface area contributed by atoms with Crippen molar-refractivity contribution in [3.63, 3.8) is 0 Å². The number of nitrogens with one attached hydrogen (secondary N) is 1. The Morgan fingerprint density at radius 3 is 2.11 bits per heavy atom. The van der Waals surface area contributed by atoms with Crippen LogP contribution in [0.2, 0.25) is 0 Å². The molecule has 1 fully saturated rings. The van der Waals surface area contributed by atoms with E-state index in [1.165, 1.54) is 11.6 Å². The molecule has 5 rings (SSSR count). The highest BCUT2D eigenvalue weighted by atomic mass is 19.4. The van der Waals surface area contributed by atoms with Crippen molar-refractivity contribution in [2.75, 3.05) is 51.1 Å². The SMILES string of the molecule is FC(F)(F)c1ccc2c(NCCN3CCN(CCc4ccccc4)CC3)ncc(-c3ccccc3)c2n1. The number of hydrogen-bond acceptors (Lipinski definition) is 5. The Balaban J connectivity index is 1.22. The van der Waals surface area contributed by atoms with Crippen LogP contribution in [-0.2, 0) is 12.6 Å². The molecule has 5 nitrogen and oxygen atoms in total. The number of pyridine rings is 2. The Labute approximate surface area is 215 Å². The summed E-state index contributed by atoms with van der Waals surface area (Å²) in [6.07, 6.45) is -1.84. The Hall–Kier alpha value is -3.49. The summed E-state index contributed by atoms with van der Waals surface area (Å²) in [5.41, 5.74) is 2.12. The first-order valence-corrected chi connectivity index (χ1v) is 12.6. The maximum atomic E-state index is 13.4. The van der Waals surface area contributed by atoms with E-state index in [0.717, 1.165) is 57.3 Å². The highest BCUT2D eigenvalue weighted by Crippen LogP contribution is 2.34. The molecule has 192 valence electrons. The largest absolute Gasteiger partial charge is 0.433 e. The molecule has 0 bridgehead atoms. The van der Waals surface area contributed by atoms with E-state index in [9.17, 15) is 13.2 Å². The molecule has 1 aliphatic heterocycles. The van der Waals surface area contributed by atoms with Crippen LogP contribution in [0.15, 0.2) is 79.0 Å².